The highest BCUT2D eigenvalue weighted by Gasteiger charge is 2.43. The van der Waals surface area contributed by atoms with E-state index in [1.165, 1.54) is 0 Å². The van der Waals surface area contributed by atoms with Gasteiger partial charge in [-0.3, -0.25) is 24.2 Å². The molecule has 3 aliphatic rings. The average Bonchev–Trinajstić information content (AvgIpc) is 3.52. The third-order valence-corrected chi connectivity index (χ3v) is 9.57. The first-order valence-electron chi connectivity index (χ1n) is 15.6. The molecule has 2 N–H and O–H groups in total. The maximum absolute atomic E-state index is 13.5. The molecular formula is C32H46N6O5. The van der Waals surface area contributed by atoms with Crippen LogP contribution in [-0.2, 0) is 9.53 Å². The zero-order valence-electron chi connectivity index (χ0n) is 26.0. The minimum atomic E-state index is -0.446. The van der Waals surface area contributed by atoms with Gasteiger partial charge in [-0.2, -0.15) is 0 Å². The van der Waals surface area contributed by atoms with Gasteiger partial charge in [0.25, 0.3) is 11.5 Å². The number of carbonyl (C=O) groups is 3. The summed E-state index contributed by atoms with van der Waals surface area (Å²) in [6.07, 6.45) is 3.76. The van der Waals surface area contributed by atoms with Crippen LogP contribution in [0.4, 0.5) is 4.79 Å². The number of carbonyl (C=O) groups excluding carboxylic acids is 3. The van der Waals surface area contributed by atoms with Gasteiger partial charge in [-0.1, -0.05) is 18.2 Å². The molecule has 11 nitrogen and oxygen atoms in total. The Morgan fingerprint density at radius 2 is 1.77 bits per heavy atom. The van der Waals surface area contributed by atoms with Crippen molar-refractivity contribution in [3.63, 3.8) is 0 Å². The predicted molar refractivity (Wildman–Crippen MR) is 165 cm³/mol. The second-order valence-corrected chi connectivity index (χ2v) is 12.7. The molecule has 5 atom stereocenters. The number of aromatic nitrogens is 1. The van der Waals surface area contributed by atoms with Crippen LogP contribution in [0.5, 0.6) is 0 Å². The van der Waals surface area contributed by atoms with Gasteiger partial charge in [0.1, 0.15) is 11.7 Å². The highest BCUT2D eigenvalue weighted by Crippen LogP contribution is 2.36. The Balaban J connectivity index is 1.24. The molecule has 3 fully saturated rings. The molecule has 2 bridgehead atoms. The largest absolute Gasteiger partial charge is 0.444 e. The number of pyridine rings is 1. The molecule has 4 heterocycles. The Kier molecular flexibility index (Phi) is 9.41. The molecule has 0 radical (unpaired) electrons. The Morgan fingerprint density at radius 1 is 1.07 bits per heavy atom. The summed E-state index contributed by atoms with van der Waals surface area (Å²) in [6, 6.07) is 9.98. The number of alkyl carbamates (subject to hydrolysis) is 1. The first-order chi connectivity index (χ1) is 20.5. The smallest absolute Gasteiger partial charge is 0.407 e. The fourth-order valence-electron chi connectivity index (χ4n) is 7.33. The van der Waals surface area contributed by atoms with Crippen molar-refractivity contribution in [1.29, 1.82) is 0 Å². The lowest BCUT2D eigenvalue weighted by Crippen LogP contribution is -2.54. The van der Waals surface area contributed by atoms with Crippen LogP contribution in [0.25, 0.3) is 10.9 Å². The van der Waals surface area contributed by atoms with Gasteiger partial charge in [-0.15, -0.1) is 0 Å². The number of hydrogen-bond donors (Lipinski definition) is 2. The van der Waals surface area contributed by atoms with Gasteiger partial charge in [0, 0.05) is 77.4 Å². The van der Waals surface area contributed by atoms with Crippen molar-refractivity contribution >= 4 is 28.8 Å². The molecule has 5 rings (SSSR count). The number of hydrogen-bond acceptors (Lipinski definition) is 7. The fraction of sp³-hybridized carbons (Fsp3) is 0.625. The van der Waals surface area contributed by atoms with Crippen molar-refractivity contribution in [2.45, 2.75) is 89.2 Å². The molecule has 3 saturated heterocycles. The van der Waals surface area contributed by atoms with Gasteiger partial charge in [-0.25, -0.2) is 4.79 Å². The Hall–Kier alpha value is -3.44. The number of likely N-dealkylation sites (N-methyl/N-ethyl adjacent to an activating group) is 1. The monoisotopic (exact) mass is 594 g/mol. The van der Waals surface area contributed by atoms with E-state index in [1.54, 1.807) is 29.5 Å². The van der Waals surface area contributed by atoms with Gasteiger partial charge in [0.2, 0.25) is 5.91 Å². The van der Waals surface area contributed by atoms with Crippen LogP contribution in [-0.4, -0.2) is 108 Å². The molecule has 0 aliphatic carbocycles. The lowest BCUT2D eigenvalue weighted by atomic mass is 9.96. The van der Waals surface area contributed by atoms with E-state index in [9.17, 15) is 19.2 Å². The SMILES string of the molecule is CNC(=O)OC(CN1CCC(N(C)C(C)=O)C1)CN1[C@@H]2CC[C@H]1CC(NC(=O)c1cc3ccccc3n(C(C)C)c1=O)C2. The van der Waals surface area contributed by atoms with Gasteiger partial charge in [-0.05, 0) is 63.5 Å². The number of fused-ring (bicyclic) bond motifs is 3. The van der Waals surface area contributed by atoms with Gasteiger partial charge in [0.05, 0.1) is 5.52 Å². The Bertz CT molecular complexity index is 1390. The van der Waals surface area contributed by atoms with Crippen LogP contribution < -0.4 is 16.2 Å². The van der Waals surface area contributed by atoms with Gasteiger partial charge < -0.3 is 24.8 Å². The van der Waals surface area contributed by atoms with Crippen molar-refractivity contribution < 1.29 is 19.1 Å². The molecule has 3 unspecified atom stereocenters. The number of benzene rings is 1. The number of rotatable bonds is 9. The van der Waals surface area contributed by atoms with Crippen molar-refractivity contribution in [3.8, 4) is 0 Å². The van der Waals surface area contributed by atoms with E-state index >= 15 is 0 Å². The Labute approximate surface area is 253 Å². The third-order valence-electron chi connectivity index (χ3n) is 9.57. The van der Waals surface area contributed by atoms with E-state index in [1.807, 2.05) is 45.2 Å². The molecule has 43 heavy (non-hydrogen) atoms. The maximum Gasteiger partial charge on any atom is 0.407 e. The number of ether oxygens (including phenoxy) is 1. The fourth-order valence-corrected chi connectivity index (χ4v) is 7.33. The second kappa shape index (κ2) is 13.1. The van der Waals surface area contributed by atoms with Crippen molar-refractivity contribution in [2.75, 3.05) is 40.3 Å². The maximum atomic E-state index is 13.5. The summed E-state index contributed by atoms with van der Waals surface area (Å²) in [5.74, 6) is -0.259. The quantitative estimate of drug-likeness (QED) is 0.459. The zero-order chi connectivity index (χ0) is 30.8. The van der Waals surface area contributed by atoms with E-state index in [4.69, 9.17) is 4.74 Å². The zero-order valence-corrected chi connectivity index (χ0v) is 26.0. The van der Waals surface area contributed by atoms with Crippen LogP contribution in [0.3, 0.4) is 0 Å². The van der Waals surface area contributed by atoms with Crippen LogP contribution in [0, 0.1) is 0 Å². The van der Waals surface area contributed by atoms with Gasteiger partial charge in [0.15, 0.2) is 0 Å². The van der Waals surface area contributed by atoms with Crippen molar-refractivity contribution in [1.82, 2.24) is 29.9 Å². The molecule has 2 aromatic rings. The summed E-state index contributed by atoms with van der Waals surface area (Å²) >= 11 is 0. The summed E-state index contributed by atoms with van der Waals surface area (Å²) in [5.41, 5.74) is 0.745. The summed E-state index contributed by atoms with van der Waals surface area (Å²) in [6.45, 7) is 8.34. The highest BCUT2D eigenvalue weighted by molar-refractivity contribution is 5.97. The molecule has 0 spiro atoms. The van der Waals surface area contributed by atoms with E-state index < -0.39 is 6.09 Å². The topological polar surface area (TPSA) is 116 Å². The second-order valence-electron chi connectivity index (χ2n) is 12.7. The van der Waals surface area contributed by atoms with Crippen molar-refractivity contribution in [2.24, 2.45) is 0 Å². The first-order valence-corrected chi connectivity index (χ1v) is 15.6. The molecule has 234 valence electrons. The molecule has 3 aliphatic heterocycles. The Morgan fingerprint density at radius 3 is 2.42 bits per heavy atom. The lowest BCUT2D eigenvalue weighted by Gasteiger charge is -2.41. The highest BCUT2D eigenvalue weighted by atomic mass is 16.6. The van der Waals surface area contributed by atoms with Crippen LogP contribution in [0.1, 0.15) is 69.3 Å². The van der Waals surface area contributed by atoms with Crippen LogP contribution in [0.2, 0.25) is 0 Å². The van der Waals surface area contributed by atoms with E-state index in [0.29, 0.717) is 13.1 Å². The molecule has 1 aromatic heterocycles. The molecule has 1 aromatic carbocycles. The minimum Gasteiger partial charge on any atom is -0.444 e. The molecule has 0 saturated carbocycles. The summed E-state index contributed by atoms with van der Waals surface area (Å²) in [5, 5.41) is 6.64. The predicted octanol–water partition coefficient (Wildman–Crippen LogP) is 2.58. The number of likely N-dealkylation sites (tertiary alicyclic amines) is 1. The van der Waals surface area contributed by atoms with Gasteiger partial charge >= 0.3 is 6.09 Å². The van der Waals surface area contributed by atoms with E-state index in [-0.39, 0.29) is 59.3 Å². The number of nitrogens with one attached hydrogen (secondary N) is 2. The summed E-state index contributed by atoms with van der Waals surface area (Å²) in [7, 11) is 3.41. The lowest BCUT2D eigenvalue weighted by molar-refractivity contribution is -0.129. The summed E-state index contributed by atoms with van der Waals surface area (Å²) in [4.78, 5) is 57.5. The average molecular weight is 595 g/mol. The van der Waals surface area contributed by atoms with E-state index in [0.717, 1.165) is 56.1 Å². The van der Waals surface area contributed by atoms with Crippen LogP contribution >= 0.6 is 0 Å². The molecular weight excluding hydrogens is 548 g/mol. The standard InChI is InChI=1S/C32H46N6O5/c1-20(2)38-29-9-7-6-8-22(29)14-28(31(38)41)30(40)34-23-15-24-10-11-25(16-23)37(24)19-27(43-32(42)33-4)18-36-13-12-26(17-36)35(5)21(3)39/h6-9,14,20,23-27H,10-13,15-19H2,1-5H3,(H,33,42)(H,34,40)/t23?,24-,25+,26?,27?. The normalized spacial score (nSPS) is 24.7. The number of piperidine rings is 1. The van der Waals surface area contributed by atoms with E-state index in [2.05, 4.69) is 20.4 Å². The first kappa shape index (κ1) is 31.0. The molecule has 3 amide bonds. The third kappa shape index (κ3) is 6.72. The van der Waals surface area contributed by atoms with Crippen molar-refractivity contribution in [3.05, 3.63) is 46.2 Å². The minimum absolute atomic E-state index is 0.0283. The number of amides is 3. The number of nitrogens with zero attached hydrogens (tertiary/aromatic N) is 4. The molecule has 11 heteroatoms. The van der Waals surface area contributed by atoms with Crippen LogP contribution in [0.15, 0.2) is 35.1 Å². The number of para-hydroxylation sites is 1. The summed E-state index contributed by atoms with van der Waals surface area (Å²) < 4.78 is 7.54.